The van der Waals surface area contributed by atoms with E-state index in [-0.39, 0.29) is 5.92 Å². The van der Waals surface area contributed by atoms with Gasteiger partial charge in [0.25, 0.3) is 0 Å². The van der Waals surface area contributed by atoms with Crippen LogP contribution in [0.2, 0.25) is 0 Å². The number of nitrogens with zero attached hydrogens (tertiary/aromatic N) is 3. The van der Waals surface area contributed by atoms with E-state index in [1.54, 1.807) is 0 Å². The first-order valence-corrected chi connectivity index (χ1v) is 13.8. The van der Waals surface area contributed by atoms with Crippen LogP contribution in [0, 0.1) is 0 Å². The van der Waals surface area contributed by atoms with Gasteiger partial charge in [0, 0.05) is 45.5 Å². The minimum Gasteiger partial charge on any atom is -0.378 e. The van der Waals surface area contributed by atoms with Gasteiger partial charge in [-0.15, -0.1) is 0 Å². The van der Waals surface area contributed by atoms with Gasteiger partial charge in [-0.3, -0.25) is 4.99 Å². The van der Waals surface area contributed by atoms with Crippen LogP contribution in [0.5, 0.6) is 0 Å². The third kappa shape index (κ3) is 4.28. The number of anilines is 2. The number of benzene rings is 5. The Morgan fingerprint density at radius 2 is 1.00 bits per heavy atom. The molecule has 5 aromatic rings. The smallest absolute Gasteiger partial charge is 0.0739 e. The van der Waals surface area contributed by atoms with E-state index < -0.39 is 5.41 Å². The molecule has 0 fully saturated rings. The van der Waals surface area contributed by atoms with Crippen molar-refractivity contribution in [3.63, 3.8) is 0 Å². The summed E-state index contributed by atoms with van der Waals surface area (Å²) in [5.74, 6) is 0.00531. The molecule has 0 aromatic heterocycles. The van der Waals surface area contributed by atoms with Crippen LogP contribution in [0.25, 0.3) is 0 Å². The van der Waals surface area contributed by atoms with Crippen LogP contribution >= 0.6 is 0 Å². The highest BCUT2D eigenvalue weighted by Crippen LogP contribution is 2.55. The van der Waals surface area contributed by atoms with Crippen LogP contribution in [-0.2, 0) is 5.41 Å². The summed E-state index contributed by atoms with van der Waals surface area (Å²) in [5.41, 5.74) is 9.98. The highest BCUT2D eigenvalue weighted by molar-refractivity contribution is 6.14. The molecule has 40 heavy (non-hydrogen) atoms. The van der Waals surface area contributed by atoms with E-state index in [2.05, 4.69) is 171 Å². The number of hydrogen-bond acceptors (Lipinski definition) is 3. The van der Waals surface area contributed by atoms with Gasteiger partial charge < -0.3 is 9.80 Å². The van der Waals surface area contributed by atoms with Gasteiger partial charge in [0.2, 0.25) is 0 Å². The lowest BCUT2D eigenvalue weighted by Gasteiger charge is -2.46. The van der Waals surface area contributed by atoms with Crippen molar-refractivity contribution in [2.45, 2.75) is 11.3 Å². The summed E-state index contributed by atoms with van der Waals surface area (Å²) in [7, 11) is 8.33. The summed E-state index contributed by atoms with van der Waals surface area (Å²) < 4.78 is 0. The molecule has 0 N–H and O–H groups in total. The van der Waals surface area contributed by atoms with Crippen molar-refractivity contribution in [1.82, 2.24) is 0 Å². The van der Waals surface area contributed by atoms with Crippen molar-refractivity contribution in [3.05, 3.63) is 161 Å². The highest BCUT2D eigenvalue weighted by atomic mass is 15.1. The summed E-state index contributed by atoms with van der Waals surface area (Å²) in [6, 6.07) is 48.5. The number of para-hydroxylation sites is 1. The Hall–Kier alpha value is -4.63. The average molecular weight is 522 g/mol. The largest absolute Gasteiger partial charge is 0.378 e. The third-order valence-electron chi connectivity index (χ3n) is 8.14. The van der Waals surface area contributed by atoms with Gasteiger partial charge in [-0.1, -0.05) is 103 Å². The number of fused-ring (bicyclic) bond motifs is 1. The third-order valence-corrected chi connectivity index (χ3v) is 8.14. The minimum absolute atomic E-state index is 0.00531. The highest BCUT2D eigenvalue weighted by Gasteiger charge is 2.51. The average Bonchev–Trinajstić information content (AvgIpc) is 3.01. The first-order valence-electron chi connectivity index (χ1n) is 13.8. The van der Waals surface area contributed by atoms with Crippen LogP contribution in [0.1, 0.15) is 33.7 Å². The molecule has 1 aliphatic rings. The molecule has 3 heteroatoms. The molecule has 0 bridgehead atoms. The van der Waals surface area contributed by atoms with E-state index in [1.807, 2.05) is 0 Å². The Balaban J connectivity index is 1.73. The van der Waals surface area contributed by atoms with Crippen molar-refractivity contribution in [2.24, 2.45) is 4.99 Å². The van der Waals surface area contributed by atoms with Crippen LogP contribution in [0.4, 0.5) is 17.1 Å². The quantitative estimate of drug-likeness (QED) is 0.225. The molecule has 1 aliphatic heterocycles. The van der Waals surface area contributed by atoms with Gasteiger partial charge in [-0.25, -0.2) is 0 Å². The lowest BCUT2D eigenvalue weighted by atomic mass is 9.56. The van der Waals surface area contributed by atoms with E-state index in [4.69, 9.17) is 4.99 Å². The molecule has 1 atom stereocenters. The summed E-state index contributed by atoms with van der Waals surface area (Å²) in [5, 5.41) is 0. The lowest BCUT2D eigenvalue weighted by molar-refractivity contribution is 0.585. The van der Waals surface area contributed by atoms with Crippen molar-refractivity contribution in [2.75, 3.05) is 38.0 Å². The van der Waals surface area contributed by atoms with Gasteiger partial charge in [-0.2, -0.15) is 0 Å². The topological polar surface area (TPSA) is 18.8 Å². The van der Waals surface area contributed by atoms with E-state index in [0.717, 1.165) is 17.0 Å². The number of aliphatic imine (C=N–C) groups is 1. The Morgan fingerprint density at radius 1 is 0.525 bits per heavy atom. The van der Waals surface area contributed by atoms with Gasteiger partial charge in [0.05, 0.1) is 16.8 Å². The normalized spacial score (nSPS) is 15.6. The lowest BCUT2D eigenvalue weighted by Crippen LogP contribution is -2.45. The molecular weight excluding hydrogens is 486 g/mol. The zero-order valence-electron chi connectivity index (χ0n) is 23.6. The molecule has 198 valence electrons. The molecule has 3 nitrogen and oxygen atoms in total. The van der Waals surface area contributed by atoms with Crippen molar-refractivity contribution < 1.29 is 0 Å². The maximum Gasteiger partial charge on any atom is 0.0739 e. The molecule has 0 amide bonds. The SMILES string of the molecule is CN(C)c1ccc(C2=Nc3ccccc3C(c3ccc(N(C)C)cc3)C2(c2ccccc2)c2ccccc2)cc1. The molecular formula is C37H35N3. The molecule has 0 aliphatic carbocycles. The predicted octanol–water partition coefficient (Wildman–Crippen LogP) is 8.07. The molecule has 0 radical (unpaired) electrons. The van der Waals surface area contributed by atoms with Gasteiger partial charge in [-0.05, 0) is 58.1 Å². The summed E-state index contributed by atoms with van der Waals surface area (Å²) in [6.07, 6.45) is 0. The molecule has 5 aromatic carbocycles. The Kier molecular flexibility index (Phi) is 6.73. The fourth-order valence-electron chi connectivity index (χ4n) is 6.19. The predicted molar refractivity (Wildman–Crippen MR) is 170 cm³/mol. The van der Waals surface area contributed by atoms with Gasteiger partial charge in [0.1, 0.15) is 0 Å². The zero-order valence-corrected chi connectivity index (χ0v) is 23.6. The molecule has 0 saturated carbocycles. The minimum atomic E-state index is -0.559. The van der Waals surface area contributed by atoms with E-state index in [0.29, 0.717) is 0 Å². The Bertz CT molecular complexity index is 1580. The van der Waals surface area contributed by atoms with Crippen LogP contribution in [0.15, 0.2) is 138 Å². The standard InChI is InChI=1S/C37H35N3/c1-39(2)31-23-19-27(20-24-31)35-33-17-11-12-18-34(33)38-36(28-21-25-32(26-22-28)40(3)4)37(35,29-13-7-5-8-14-29)30-15-9-6-10-16-30/h5-26,35H,1-4H3. The van der Waals surface area contributed by atoms with Gasteiger partial charge >= 0.3 is 0 Å². The molecule has 0 saturated heterocycles. The molecule has 6 rings (SSSR count). The maximum absolute atomic E-state index is 5.51. The first kappa shape index (κ1) is 25.6. The van der Waals surface area contributed by atoms with E-state index >= 15 is 0 Å². The maximum atomic E-state index is 5.51. The fourth-order valence-corrected chi connectivity index (χ4v) is 6.19. The Morgan fingerprint density at radius 3 is 1.52 bits per heavy atom. The van der Waals surface area contributed by atoms with Crippen molar-refractivity contribution in [3.8, 4) is 0 Å². The van der Waals surface area contributed by atoms with Crippen molar-refractivity contribution in [1.29, 1.82) is 0 Å². The second-order valence-corrected chi connectivity index (χ2v) is 10.9. The van der Waals surface area contributed by atoms with Crippen LogP contribution in [-0.4, -0.2) is 33.9 Å². The number of hydrogen-bond donors (Lipinski definition) is 0. The molecule has 1 heterocycles. The summed E-state index contributed by atoms with van der Waals surface area (Å²) >= 11 is 0. The second kappa shape index (κ2) is 10.5. The number of rotatable bonds is 6. The van der Waals surface area contributed by atoms with E-state index in [9.17, 15) is 0 Å². The summed E-state index contributed by atoms with van der Waals surface area (Å²) in [4.78, 5) is 9.80. The molecule has 1 unspecified atom stereocenters. The van der Waals surface area contributed by atoms with Gasteiger partial charge in [0.15, 0.2) is 0 Å². The summed E-state index contributed by atoms with van der Waals surface area (Å²) in [6.45, 7) is 0. The first-order chi connectivity index (χ1) is 19.5. The second-order valence-electron chi connectivity index (χ2n) is 10.9. The van der Waals surface area contributed by atoms with Crippen LogP contribution in [0.3, 0.4) is 0 Å². The Labute approximate surface area is 238 Å². The fraction of sp³-hybridized carbons (Fsp3) is 0.162. The van der Waals surface area contributed by atoms with E-state index in [1.165, 1.54) is 33.6 Å². The van der Waals surface area contributed by atoms with Crippen LogP contribution < -0.4 is 9.80 Å². The zero-order chi connectivity index (χ0) is 27.7. The monoisotopic (exact) mass is 521 g/mol. The molecule has 0 spiro atoms. The van der Waals surface area contributed by atoms with Crippen molar-refractivity contribution >= 4 is 22.8 Å².